The van der Waals surface area contributed by atoms with Gasteiger partial charge in [0, 0.05) is 36.5 Å². The van der Waals surface area contributed by atoms with Crippen LogP contribution in [0.15, 0.2) is 48.7 Å². The lowest BCUT2D eigenvalue weighted by Crippen LogP contribution is -2.49. The van der Waals surface area contributed by atoms with Crippen LogP contribution >= 0.6 is 0 Å². The van der Waals surface area contributed by atoms with Gasteiger partial charge in [0.05, 0.1) is 12.8 Å². The Morgan fingerprint density at radius 3 is 2.56 bits per heavy atom. The second kappa shape index (κ2) is 9.12. The van der Waals surface area contributed by atoms with Gasteiger partial charge < -0.3 is 20.5 Å². The quantitative estimate of drug-likeness (QED) is 0.537. The van der Waals surface area contributed by atoms with E-state index in [4.69, 9.17) is 4.74 Å². The number of phenols is 1. The van der Waals surface area contributed by atoms with E-state index in [0.717, 1.165) is 23.5 Å². The minimum atomic E-state index is 0.162. The molecule has 32 heavy (non-hydrogen) atoms. The van der Waals surface area contributed by atoms with Crippen LogP contribution in [0.1, 0.15) is 32.1 Å². The highest BCUT2D eigenvalue weighted by molar-refractivity contribution is 5.74. The minimum absolute atomic E-state index is 0.162. The molecule has 2 bridgehead atoms. The molecule has 3 aromatic rings. The zero-order valence-electron chi connectivity index (χ0n) is 18.3. The van der Waals surface area contributed by atoms with E-state index in [1.165, 1.54) is 32.1 Å². The fraction of sp³-hybridized carbons (Fsp3) is 0.400. The van der Waals surface area contributed by atoms with Crippen LogP contribution in [-0.2, 0) is 0 Å². The molecule has 7 nitrogen and oxygen atoms in total. The van der Waals surface area contributed by atoms with Crippen LogP contribution in [0, 0.1) is 5.92 Å². The van der Waals surface area contributed by atoms with E-state index in [9.17, 15) is 5.11 Å². The Kier molecular flexibility index (Phi) is 5.90. The maximum absolute atomic E-state index is 10.6. The lowest BCUT2D eigenvalue weighted by Gasteiger charge is -2.40. The lowest BCUT2D eigenvalue weighted by atomic mass is 9.80. The van der Waals surface area contributed by atoms with Crippen molar-refractivity contribution in [3.63, 3.8) is 0 Å². The number of hydrogen-bond donors (Lipinski definition) is 3. The molecule has 0 radical (unpaired) electrons. The van der Waals surface area contributed by atoms with Gasteiger partial charge in [0.25, 0.3) is 0 Å². The number of anilines is 1. The molecule has 166 valence electrons. The number of aromatic nitrogens is 3. The first-order chi connectivity index (χ1) is 15.7. The van der Waals surface area contributed by atoms with Gasteiger partial charge in [-0.3, -0.25) is 0 Å². The molecule has 4 heterocycles. The van der Waals surface area contributed by atoms with Crippen molar-refractivity contribution in [1.82, 2.24) is 20.5 Å². The molecule has 0 amide bonds. The Balaban J connectivity index is 1.24. The number of pyridine rings is 1. The maximum atomic E-state index is 10.6. The van der Waals surface area contributed by atoms with Crippen LogP contribution < -0.4 is 15.4 Å². The fourth-order valence-corrected chi connectivity index (χ4v) is 5.00. The number of phenolic OH excluding ortho intramolecular Hbond substituents is 1. The largest absolute Gasteiger partial charge is 0.507 e. The fourth-order valence-electron chi connectivity index (χ4n) is 5.00. The molecule has 2 unspecified atom stereocenters. The van der Waals surface area contributed by atoms with Crippen LogP contribution in [0.4, 0.5) is 5.82 Å². The first-order valence-electron chi connectivity index (χ1n) is 11.4. The van der Waals surface area contributed by atoms with Crippen LogP contribution in [0.2, 0.25) is 0 Å². The summed E-state index contributed by atoms with van der Waals surface area (Å²) in [5.41, 5.74) is 3.10. The van der Waals surface area contributed by atoms with Crippen molar-refractivity contribution in [1.29, 1.82) is 0 Å². The van der Waals surface area contributed by atoms with Crippen molar-refractivity contribution in [2.75, 3.05) is 19.0 Å². The van der Waals surface area contributed by atoms with Gasteiger partial charge in [-0.2, -0.15) is 0 Å². The Labute approximate surface area is 188 Å². The SMILES string of the molecule is COc1cc(-c2ccc(-c3ccc(NCC4CC5CCCC(C4)N5)nn3)c(O)c2)ccn1. The summed E-state index contributed by atoms with van der Waals surface area (Å²) in [6.45, 7) is 0.929. The second-order valence-electron chi connectivity index (χ2n) is 8.83. The van der Waals surface area contributed by atoms with Crippen LogP contribution in [0.5, 0.6) is 11.6 Å². The van der Waals surface area contributed by atoms with Crippen molar-refractivity contribution < 1.29 is 9.84 Å². The van der Waals surface area contributed by atoms with Gasteiger partial charge in [0.1, 0.15) is 11.6 Å². The van der Waals surface area contributed by atoms with Crippen molar-refractivity contribution in [2.45, 2.75) is 44.2 Å². The first kappa shape index (κ1) is 20.7. The van der Waals surface area contributed by atoms with Crippen molar-refractivity contribution in [3.05, 3.63) is 48.7 Å². The molecule has 0 spiro atoms. The summed E-state index contributed by atoms with van der Waals surface area (Å²) >= 11 is 0. The van der Waals surface area contributed by atoms with Crippen LogP contribution in [-0.4, -0.2) is 46.0 Å². The molecular formula is C25H29N5O2. The third-order valence-corrected chi connectivity index (χ3v) is 6.60. The highest BCUT2D eigenvalue weighted by atomic mass is 16.5. The Bertz CT molecular complexity index is 1060. The molecule has 2 fully saturated rings. The molecule has 2 saturated heterocycles. The highest BCUT2D eigenvalue weighted by Crippen LogP contribution is 2.33. The number of benzene rings is 1. The van der Waals surface area contributed by atoms with Gasteiger partial charge in [-0.25, -0.2) is 4.98 Å². The molecule has 2 aliphatic heterocycles. The summed E-state index contributed by atoms with van der Waals surface area (Å²) in [4.78, 5) is 4.13. The molecule has 0 aliphatic carbocycles. The number of rotatable bonds is 6. The Hall–Kier alpha value is -3.19. The van der Waals surface area contributed by atoms with E-state index >= 15 is 0 Å². The molecular weight excluding hydrogens is 402 g/mol. The number of hydrogen-bond acceptors (Lipinski definition) is 7. The average Bonchev–Trinajstić information content (AvgIpc) is 2.83. The third kappa shape index (κ3) is 4.53. The number of methoxy groups -OCH3 is 1. The monoisotopic (exact) mass is 431 g/mol. The zero-order chi connectivity index (χ0) is 21.9. The Morgan fingerprint density at radius 2 is 1.84 bits per heavy atom. The molecule has 2 aliphatic rings. The van der Waals surface area contributed by atoms with Crippen molar-refractivity contribution in [3.8, 4) is 34.0 Å². The molecule has 0 saturated carbocycles. The summed E-state index contributed by atoms with van der Waals surface area (Å²) < 4.78 is 5.19. The van der Waals surface area contributed by atoms with E-state index in [1.807, 2.05) is 36.4 Å². The van der Waals surface area contributed by atoms with Gasteiger partial charge in [-0.05, 0) is 73.1 Å². The van der Waals surface area contributed by atoms with Crippen molar-refractivity contribution >= 4 is 5.82 Å². The van der Waals surface area contributed by atoms with Gasteiger partial charge in [0.15, 0.2) is 0 Å². The van der Waals surface area contributed by atoms with Crippen LogP contribution in [0.3, 0.4) is 0 Å². The molecule has 1 aromatic carbocycles. The summed E-state index contributed by atoms with van der Waals surface area (Å²) in [6.07, 6.45) is 8.13. The third-order valence-electron chi connectivity index (χ3n) is 6.60. The number of ether oxygens (including phenoxy) is 1. The summed E-state index contributed by atoms with van der Waals surface area (Å²) in [6, 6.07) is 14.5. The molecule has 3 N–H and O–H groups in total. The summed E-state index contributed by atoms with van der Waals surface area (Å²) in [7, 11) is 1.58. The summed E-state index contributed by atoms with van der Waals surface area (Å²) in [5.74, 6) is 2.15. The van der Waals surface area contributed by atoms with Crippen LogP contribution in [0.25, 0.3) is 22.4 Å². The lowest BCUT2D eigenvalue weighted by molar-refractivity contribution is 0.192. The average molecular weight is 432 g/mol. The second-order valence-corrected chi connectivity index (χ2v) is 8.83. The van der Waals surface area contributed by atoms with E-state index in [1.54, 1.807) is 19.4 Å². The zero-order valence-corrected chi connectivity index (χ0v) is 18.3. The van der Waals surface area contributed by atoms with E-state index in [2.05, 4.69) is 25.8 Å². The van der Waals surface area contributed by atoms with E-state index in [-0.39, 0.29) is 5.75 Å². The molecule has 2 atom stereocenters. The number of nitrogens with zero attached hydrogens (tertiary/aromatic N) is 3. The van der Waals surface area contributed by atoms with Gasteiger partial charge in [-0.15, -0.1) is 10.2 Å². The first-order valence-corrected chi connectivity index (χ1v) is 11.4. The Morgan fingerprint density at radius 1 is 1.03 bits per heavy atom. The van der Waals surface area contributed by atoms with E-state index in [0.29, 0.717) is 35.1 Å². The predicted octanol–water partition coefficient (Wildman–Crippen LogP) is 4.25. The number of fused-ring (bicyclic) bond motifs is 2. The number of nitrogens with one attached hydrogen (secondary N) is 2. The van der Waals surface area contributed by atoms with E-state index < -0.39 is 0 Å². The topological polar surface area (TPSA) is 92.2 Å². The molecule has 2 aromatic heterocycles. The van der Waals surface area contributed by atoms with Gasteiger partial charge in [-0.1, -0.05) is 12.5 Å². The normalized spacial score (nSPS) is 22.3. The standard InChI is InChI=1S/C25H29N5O2/c1-32-25-14-18(9-10-26-25)17-5-6-21(23(31)13-17)22-7-8-24(30-29-22)27-15-16-11-19-3-2-4-20(12-16)28-19/h5-10,13-14,16,19-20,28,31H,2-4,11-12,15H2,1H3,(H,27,30). The number of aromatic hydroxyl groups is 1. The summed E-state index contributed by atoms with van der Waals surface area (Å²) in [5, 5.41) is 26.5. The van der Waals surface area contributed by atoms with Gasteiger partial charge >= 0.3 is 0 Å². The molecule has 5 rings (SSSR count). The molecule has 7 heteroatoms. The minimum Gasteiger partial charge on any atom is -0.507 e. The van der Waals surface area contributed by atoms with Gasteiger partial charge in [0.2, 0.25) is 5.88 Å². The highest BCUT2D eigenvalue weighted by Gasteiger charge is 2.30. The number of piperidine rings is 2. The maximum Gasteiger partial charge on any atom is 0.213 e. The van der Waals surface area contributed by atoms with Crippen molar-refractivity contribution in [2.24, 2.45) is 5.92 Å². The smallest absolute Gasteiger partial charge is 0.213 e. The predicted molar refractivity (Wildman–Crippen MR) is 125 cm³/mol.